The summed E-state index contributed by atoms with van der Waals surface area (Å²) in [6, 6.07) is 17.2. The summed E-state index contributed by atoms with van der Waals surface area (Å²) in [5.74, 6) is -0.392. The molecular weight excluding hydrogens is 330 g/mol. The van der Waals surface area contributed by atoms with Crippen molar-refractivity contribution in [1.82, 2.24) is 0 Å². The van der Waals surface area contributed by atoms with Gasteiger partial charge in [-0.25, -0.2) is 4.79 Å². The van der Waals surface area contributed by atoms with Gasteiger partial charge in [0.05, 0.1) is 7.11 Å². The van der Waals surface area contributed by atoms with E-state index >= 15 is 0 Å². The van der Waals surface area contributed by atoms with Crippen LogP contribution in [0, 0.1) is 0 Å². The fourth-order valence-electron chi connectivity index (χ4n) is 1.96. The molecule has 0 radical (unpaired) electrons. The SMILES string of the molecule is COC(=O)[C@](C)(N=Cc1ccccc1)c1ccc(Br)cc1. The van der Waals surface area contributed by atoms with Gasteiger partial charge in [-0.2, -0.15) is 0 Å². The molecule has 2 aromatic rings. The number of benzene rings is 2. The van der Waals surface area contributed by atoms with Gasteiger partial charge in [-0.3, -0.25) is 4.99 Å². The molecule has 0 aliphatic heterocycles. The Kier molecular flexibility index (Phi) is 4.91. The molecule has 4 heteroatoms. The Bertz CT molecular complexity index is 638. The fraction of sp³-hybridized carbons (Fsp3) is 0.176. The van der Waals surface area contributed by atoms with E-state index < -0.39 is 11.5 Å². The van der Waals surface area contributed by atoms with Gasteiger partial charge in [-0.05, 0) is 30.2 Å². The predicted molar refractivity (Wildman–Crippen MR) is 87.5 cm³/mol. The number of carbonyl (C=O) groups excluding carboxylic acids is 1. The first kappa shape index (κ1) is 15.4. The van der Waals surface area contributed by atoms with Crippen molar-refractivity contribution in [1.29, 1.82) is 0 Å². The molecule has 0 spiro atoms. The van der Waals surface area contributed by atoms with Gasteiger partial charge in [0.2, 0.25) is 0 Å². The first-order chi connectivity index (χ1) is 10.1. The van der Waals surface area contributed by atoms with Gasteiger partial charge in [0, 0.05) is 10.7 Å². The Morgan fingerprint density at radius 1 is 1.14 bits per heavy atom. The third kappa shape index (κ3) is 3.58. The molecule has 0 bridgehead atoms. The Labute approximate surface area is 132 Å². The second-order valence-electron chi connectivity index (χ2n) is 4.74. The van der Waals surface area contributed by atoms with Gasteiger partial charge in [-0.15, -0.1) is 0 Å². The molecule has 3 nitrogen and oxygen atoms in total. The molecule has 0 heterocycles. The van der Waals surface area contributed by atoms with E-state index in [2.05, 4.69) is 20.9 Å². The zero-order valence-electron chi connectivity index (χ0n) is 11.9. The highest BCUT2D eigenvalue weighted by molar-refractivity contribution is 9.10. The van der Waals surface area contributed by atoms with Crippen LogP contribution < -0.4 is 0 Å². The van der Waals surface area contributed by atoms with Crippen LogP contribution in [-0.2, 0) is 15.1 Å². The summed E-state index contributed by atoms with van der Waals surface area (Å²) in [6.07, 6.45) is 1.69. The normalized spacial score (nSPS) is 13.9. The van der Waals surface area contributed by atoms with Crippen LogP contribution in [0.3, 0.4) is 0 Å². The van der Waals surface area contributed by atoms with Crippen molar-refractivity contribution >= 4 is 28.1 Å². The van der Waals surface area contributed by atoms with E-state index in [9.17, 15) is 4.79 Å². The van der Waals surface area contributed by atoms with Gasteiger partial charge in [0.1, 0.15) is 0 Å². The number of nitrogens with zero attached hydrogens (tertiary/aromatic N) is 1. The Balaban J connectivity index is 2.40. The maximum atomic E-state index is 12.2. The number of aliphatic imine (C=N–C) groups is 1. The number of esters is 1. The second kappa shape index (κ2) is 6.68. The highest BCUT2D eigenvalue weighted by Gasteiger charge is 2.35. The van der Waals surface area contributed by atoms with Gasteiger partial charge in [-0.1, -0.05) is 58.4 Å². The molecule has 0 aromatic heterocycles. The van der Waals surface area contributed by atoms with Crippen LogP contribution >= 0.6 is 15.9 Å². The number of rotatable bonds is 4. The van der Waals surface area contributed by atoms with E-state index in [4.69, 9.17) is 4.74 Å². The van der Waals surface area contributed by atoms with Crippen molar-refractivity contribution in [2.45, 2.75) is 12.5 Å². The molecule has 0 saturated heterocycles. The van der Waals surface area contributed by atoms with Crippen molar-refractivity contribution in [3.05, 3.63) is 70.2 Å². The van der Waals surface area contributed by atoms with Gasteiger partial charge >= 0.3 is 5.97 Å². The molecule has 21 heavy (non-hydrogen) atoms. The second-order valence-corrected chi connectivity index (χ2v) is 5.66. The first-order valence-electron chi connectivity index (χ1n) is 6.51. The average Bonchev–Trinajstić information content (AvgIpc) is 2.53. The van der Waals surface area contributed by atoms with Crippen molar-refractivity contribution in [3.8, 4) is 0 Å². The van der Waals surface area contributed by atoms with Crippen molar-refractivity contribution in [3.63, 3.8) is 0 Å². The predicted octanol–water partition coefficient (Wildman–Crippen LogP) is 3.96. The largest absolute Gasteiger partial charge is 0.467 e. The van der Waals surface area contributed by atoms with Crippen LogP contribution in [0.1, 0.15) is 18.1 Å². The van der Waals surface area contributed by atoms with E-state index in [1.54, 1.807) is 13.1 Å². The van der Waals surface area contributed by atoms with Crippen LogP contribution in [0.5, 0.6) is 0 Å². The third-order valence-corrected chi connectivity index (χ3v) is 3.79. The maximum Gasteiger partial charge on any atom is 0.338 e. The molecule has 0 unspecified atom stereocenters. The standard InChI is InChI=1S/C17H16BrNO2/c1-17(16(20)21-2,14-8-10-15(18)11-9-14)19-12-13-6-4-3-5-7-13/h3-12H,1-2H3/t17-/m1/s1. The summed E-state index contributed by atoms with van der Waals surface area (Å²) in [4.78, 5) is 16.7. The molecule has 0 aliphatic rings. The number of carbonyl (C=O) groups is 1. The van der Waals surface area contributed by atoms with Crippen LogP contribution in [0.15, 0.2) is 64.1 Å². The lowest BCUT2D eigenvalue weighted by Gasteiger charge is -2.22. The van der Waals surface area contributed by atoms with Crippen molar-refractivity contribution in [2.24, 2.45) is 4.99 Å². The molecule has 0 aliphatic carbocycles. The van der Waals surface area contributed by atoms with Crippen molar-refractivity contribution < 1.29 is 9.53 Å². The van der Waals surface area contributed by atoms with Gasteiger partial charge < -0.3 is 4.74 Å². The van der Waals surface area contributed by atoms with Gasteiger partial charge in [0.15, 0.2) is 5.54 Å². The topological polar surface area (TPSA) is 38.7 Å². The van der Waals surface area contributed by atoms with Crippen LogP contribution in [0.25, 0.3) is 0 Å². The summed E-state index contributed by atoms with van der Waals surface area (Å²) in [5.41, 5.74) is 0.653. The fourth-order valence-corrected chi connectivity index (χ4v) is 2.23. The van der Waals surface area contributed by atoms with E-state index in [1.165, 1.54) is 7.11 Å². The van der Waals surface area contributed by atoms with Crippen LogP contribution in [0.2, 0.25) is 0 Å². The maximum absolute atomic E-state index is 12.2. The molecule has 1 atom stereocenters. The minimum atomic E-state index is -1.06. The molecule has 108 valence electrons. The summed E-state index contributed by atoms with van der Waals surface area (Å²) >= 11 is 3.39. The average molecular weight is 346 g/mol. The summed E-state index contributed by atoms with van der Waals surface area (Å²) in [6.45, 7) is 1.75. The van der Waals surface area contributed by atoms with Crippen LogP contribution in [0.4, 0.5) is 0 Å². The molecule has 0 saturated carbocycles. The van der Waals surface area contributed by atoms with E-state index in [1.807, 2.05) is 54.6 Å². The number of hydrogen-bond acceptors (Lipinski definition) is 3. The number of methoxy groups -OCH3 is 1. The van der Waals surface area contributed by atoms with Gasteiger partial charge in [0.25, 0.3) is 0 Å². The smallest absolute Gasteiger partial charge is 0.338 e. The molecule has 0 fully saturated rings. The number of ether oxygens (including phenoxy) is 1. The molecule has 2 aromatic carbocycles. The van der Waals surface area contributed by atoms with E-state index in [0.29, 0.717) is 0 Å². The first-order valence-corrected chi connectivity index (χ1v) is 7.30. The molecule has 0 N–H and O–H groups in total. The molecular formula is C17H16BrNO2. The zero-order chi connectivity index (χ0) is 15.3. The van der Waals surface area contributed by atoms with E-state index in [0.717, 1.165) is 15.6 Å². The summed E-state index contributed by atoms with van der Waals surface area (Å²) in [7, 11) is 1.37. The Morgan fingerprint density at radius 3 is 2.33 bits per heavy atom. The Hall–Kier alpha value is -1.94. The van der Waals surface area contributed by atoms with Crippen LogP contribution in [-0.4, -0.2) is 19.3 Å². The molecule has 0 amide bonds. The summed E-state index contributed by atoms with van der Waals surface area (Å²) in [5, 5.41) is 0. The lowest BCUT2D eigenvalue weighted by Crippen LogP contribution is -2.32. The lowest BCUT2D eigenvalue weighted by molar-refractivity contribution is -0.146. The lowest BCUT2D eigenvalue weighted by atomic mass is 9.93. The zero-order valence-corrected chi connectivity index (χ0v) is 13.5. The third-order valence-electron chi connectivity index (χ3n) is 3.26. The minimum Gasteiger partial charge on any atom is -0.467 e. The number of hydrogen-bond donors (Lipinski definition) is 0. The highest BCUT2D eigenvalue weighted by atomic mass is 79.9. The Morgan fingerprint density at radius 2 is 1.76 bits per heavy atom. The monoisotopic (exact) mass is 345 g/mol. The highest BCUT2D eigenvalue weighted by Crippen LogP contribution is 2.28. The molecule has 2 rings (SSSR count). The van der Waals surface area contributed by atoms with E-state index in [-0.39, 0.29) is 0 Å². The summed E-state index contributed by atoms with van der Waals surface area (Å²) < 4.78 is 5.87. The quantitative estimate of drug-likeness (QED) is 0.621. The number of halogens is 1. The minimum absolute atomic E-state index is 0.392. The van der Waals surface area contributed by atoms with Crippen molar-refractivity contribution in [2.75, 3.05) is 7.11 Å².